The zero-order valence-electron chi connectivity index (χ0n) is 16.3. The van der Waals surface area contributed by atoms with Crippen molar-refractivity contribution in [3.05, 3.63) is 47.8 Å². The lowest BCUT2D eigenvalue weighted by Crippen LogP contribution is -2.37. The van der Waals surface area contributed by atoms with E-state index in [0.717, 1.165) is 64.1 Å². The first-order valence-corrected chi connectivity index (χ1v) is 10.3. The molecule has 3 heterocycles. The van der Waals surface area contributed by atoms with Gasteiger partial charge >= 0.3 is 0 Å². The quantitative estimate of drug-likeness (QED) is 0.829. The van der Waals surface area contributed by atoms with Gasteiger partial charge in [0.25, 0.3) is 5.91 Å². The van der Waals surface area contributed by atoms with Gasteiger partial charge < -0.3 is 15.0 Å². The molecule has 28 heavy (non-hydrogen) atoms. The molecule has 2 aliphatic heterocycles. The Kier molecular flexibility index (Phi) is 6.34. The van der Waals surface area contributed by atoms with Crippen LogP contribution in [0.15, 0.2) is 36.5 Å². The molecule has 2 aromatic rings. The van der Waals surface area contributed by atoms with Gasteiger partial charge in [0.2, 0.25) is 0 Å². The van der Waals surface area contributed by atoms with E-state index in [2.05, 4.69) is 27.8 Å². The fourth-order valence-electron chi connectivity index (χ4n) is 4.05. The molecule has 2 fully saturated rings. The largest absolute Gasteiger partial charge is 0.381 e. The molecule has 0 unspecified atom stereocenters. The molecule has 0 aliphatic carbocycles. The summed E-state index contributed by atoms with van der Waals surface area (Å²) in [7, 11) is 0. The Morgan fingerprint density at radius 2 is 1.89 bits per heavy atom. The van der Waals surface area contributed by atoms with Gasteiger partial charge in [-0.05, 0) is 50.3 Å². The van der Waals surface area contributed by atoms with E-state index in [4.69, 9.17) is 4.74 Å². The van der Waals surface area contributed by atoms with Crippen molar-refractivity contribution in [3.8, 4) is 0 Å². The molecular formula is C21H29N5O2. The smallest absolute Gasteiger partial charge is 0.276 e. The molecule has 4 rings (SSSR count). The van der Waals surface area contributed by atoms with Crippen molar-refractivity contribution in [2.75, 3.05) is 32.8 Å². The minimum Gasteiger partial charge on any atom is -0.381 e. The topological polar surface area (TPSA) is 72.3 Å². The number of carbonyl (C=O) groups excluding carboxylic acids is 1. The second-order valence-electron chi connectivity index (χ2n) is 7.79. The summed E-state index contributed by atoms with van der Waals surface area (Å²) in [5.41, 5.74) is 1.58. The third-order valence-corrected chi connectivity index (χ3v) is 5.74. The molecule has 0 radical (unpaired) electrons. The van der Waals surface area contributed by atoms with Crippen LogP contribution in [0.2, 0.25) is 0 Å². The normalized spacial score (nSPS) is 18.9. The van der Waals surface area contributed by atoms with Gasteiger partial charge in [-0.15, -0.1) is 5.10 Å². The molecule has 0 atom stereocenters. The van der Waals surface area contributed by atoms with Crippen molar-refractivity contribution in [3.63, 3.8) is 0 Å². The van der Waals surface area contributed by atoms with Crippen LogP contribution >= 0.6 is 0 Å². The Morgan fingerprint density at radius 1 is 1.14 bits per heavy atom. The third kappa shape index (κ3) is 4.77. The number of hydrogen-bond donors (Lipinski definition) is 1. The molecule has 0 bridgehead atoms. The summed E-state index contributed by atoms with van der Waals surface area (Å²) in [6.07, 6.45) is 5.88. The predicted octanol–water partition coefficient (Wildman–Crippen LogP) is 2.27. The van der Waals surface area contributed by atoms with E-state index in [9.17, 15) is 4.79 Å². The summed E-state index contributed by atoms with van der Waals surface area (Å²) in [5.74, 6) is 0.441. The second-order valence-corrected chi connectivity index (χ2v) is 7.79. The highest BCUT2D eigenvalue weighted by Gasteiger charge is 2.25. The average Bonchev–Trinajstić information content (AvgIpc) is 3.25. The Bertz CT molecular complexity index is 751. The van der Waals surface area contributed by atoms with Gasteiger partial charge in [0, 0.05) is 26.3 Å². The van der Waals surface area contributed by atoms with Crippen molar-refractivity contribution >= 4 is 5.91 Å². The molecule has 1 aromatic heterocycles. The van der Waals surface area contributed by atoms with Crippen LogP contribution in [0.4, 0.5) is 0 Å². The first-order valence-electron chi connectivity index (χ1n) is 10.3. The molecule has 0 saturated carbocycles. The third-order valence-electron chi connectivity index (χ3n) is 5.74. The van der Waals surface area contributed by atoms with Crippen molar-refractivity contribution in [1.29, 1.82) is 0 Å². The summed E-state index contributed by atoms with van der Waals surface area (Å²) >= 11 is 0. The first-order chi connectivity index (χ1) is 13.8. The van der Waals surface area contributed by atoms with Crippen LogP contribution in [0.25, 0.3) is 0 Å². The van der Waals surface area contributed by atoms with Gasteiger partial charge in [-0.2, -0.15) is 0 Å². The van der Waals surface area contributed by atoms with Crippen LogP contribution < -0.4 is 5.32 Å². The lowest BCUT2D eigenvalue weighted by atomic mass is 9.99. The van der Waals surface area contributed by atoms with Crippen LogP contribution in [-0.2, 0) is 11.3 Å². The van der Waals surface area contributed by atoms with E-state index in [-0.39, 0.29) is 5.91 Å². The number of carbonyl (C=O) groups is 1. The monoisotopic (exact) mass is 383 g/mol. The van der Waals surface area contributed by atoms with Gasteiger partial charge in [0.05, 0.1) is 12.2 Å². The SMILES string of the molecule is O=C(c1cn(C2CCNCC2)nn1)N(Cc1ccccc1)CC1CCOCC1. The number of hydrogen-bond acceptors (Lipinski definition) is 5. The molecule has 1 amide bonds. The summed E-state index contributed by atoms with van der Waals surface area (Å²) in [6.45, 7) is 4.86. The fraction of sp³-hybridized carbons (Fsp3) is 0.571. The first kappa shape index (κ1) is 19.1. The lowest BCUT2D eigenvalue weighted by Gasteiger charge is -2.29. The standard InChI is InChI=1S/C21H29N5O2/c27-21(20-16-26(24-23-20)19-6-10-22-11-7-19)25(14-17-4-2-1-3-5-17)15-18-8-12-28-13-9-18/h1-5,16,18-19,22H,6-15H2. The molecule has 2 saturated heterocycles. The minimum absolute atomic E-state index is 0.0319. The van der Waals surface area contributed by atoms with Crippen molar-refractivity contribution in [1.82, 2.24) is 25.2 Å². The number of piperidine rings is 1. The van der Waals surface area contributed by atoms with Gasteiger partial charge in [0.1, 0.15) is 0 Å². The van der Waals surface area contributed by atoms with E-state index in [0.29, 0.717) is 24.2 Å². The Labute approximate surface area is 166 Å². The van der Waals surface area contributed by atoms with Gasteiger partial charge in [-0.3, -0.25) is 4.79 Å². The van der Waals surface area contributed by atoms with E-state index in [1.165, 1.54) is 0 Å². The summed E-state index contributed by atoms with van der Waals surface area (Å²) in [6, 6.07) is 10.5. The molecule has 7 nitrogen and oxygen atoms in total. The number of nitrogens with zero attached hydrogens (tertiary/aromatic N) is 4. The van der Waals surface area contributed by atoms with Crippen LogP contribution in [0, 0.1) is 5.92 Å². The zero-order valence-corrected chi connectivity index (χ0v) is 16.3. The van der Waals surface area contributed by atoms with Crippen molar-refractivity contribution in [2.45, 2.75) is 38.3 Å². The van der Waals surface area contributed by atoms with Gasteiger partial charge in [-0.25, -0.2) is 4.68 Å². The number of benzene rings is 1. The highest BCUT2D eigenvalue weighted by Crippen LogP contribution is 2.21. The molecule has 1 N–H and O–H groups in total. The van der Waals surface area contributed by atoms with Crippen LogP contribution in [0.3, 0.4) is 0 Å². The average molecular weight is 383 g/mol. The lowest BCUT2D eigenvalue weighted by molar-refractivity contribution is 0.0443. The summed E-state index contributed by atoms with van der Waals surface area (Å²) in [5, 5.41) is 11.9. The van der Waals surface area contributed by atoms with Crippen molar-refractivity contribution in [2.24, 2.45) is 5.92 Å². The maximum absolute atomic E-state index is 13.3. The van der Waals surface area contributed by atoms with E-state index >= 15 is 0 Å². The zero-order chi connectivity index (χ0) is 19.2. The van der Waals surface area contributed by atoms with E-state index in [1.54, 1.807) is 0 Å². The predicted molar refractivity (Wildman–Crippen MR) is 106 cm³/mol. The molecule has 1 aromatic carbocycles. The fourth-order valence-corrected chi connectivity index (χ4v) is 4.05. The molecule has 7 heteroatoms. The molecule has 2 aliphatic rings. The number of rotatable bonds is 6. The van der Waals surface area contributed by atoms with Gasteiger partial charge in [-0.1, -0.05) is 35.5 Å². The summed E-state index contributed by atoms with van der Waals surface area (Å²) in [4.78, 5) is 15.2. The Balaban J connectivity index is 1.49. The highest BCUT2D eigenvalue weighted by atomic mass is 16.5. The number of aromatic nitrogens is 3. The number of nitrogens with one attached hydrogen (secondary N) is 1. The van der Waals surface area contributed by atoms with E-state index in [1.807, 2.05) is 34.0 Å². The maximum atomic E-state index is 13.3. The van der Waals surface area contributed by atoms with Crippen LogP contribution in [-0.4, -0.2) is 58.6 Å². The Hall–Kier alpha value is -2.25. The second kappa shape index (κ2) is 9.30. The maximum Gasteiger partial charge on any atom is 0.276 e. The number of ether oxygens (including phenoxy) is 1. The van der Waals surface area contributed by atoms with Crippen LogP contribution in [0.1, 0.15) is 47.8 Å². The summed E-state index contributed by atoms with van der Waals surface area (Å²) < 4.78 is 7.36. The molecule has 150 valence electrons. The van der Waals surface area contributed by atoms with Crippen molar-refractivity contribution < 1.29 is 9.53 Å². The number of amides is 1. The minimum atomic E-state index is -0.0319. The van der Waals surface area contributed by atoms with E-state index < -0.39 is 0 Å². The molecule has 0 spiro atoms. The van der Waals surface area contributed by atoms with Gasteiger partial charge in [0.15, 0.2) is 5.69 Å². The molecular weight excluding hydrogens is 354 g/mol. The highest BCUT2D eigenvalue weighted by molar-refractivity contribution is 5.91. The Morgan fingerprint density at radius 3 is 2.64 bits per heavy atom. The van der Waals surface area contributed by atoms with Crippen LogP contribution in [0.5, 0.6) is 0 Å².